The zero-order valence-corrected chi connectivity index (χ0v) is 13.0. The average Bonchev–Trinajstić information content (AvgIpc) is 2.42. The van der Waals surface area contributed by atoms with E-state index in [0.29, 0.717) is 19.8 Å². The zero-order chi connectivity index (χ0) is 13.5. The van der Waals surface area contributed by atoms with E-state index in [1.165, 1.54) is 29.8 Å². The third-order valence-electron chi connectivity index (χ3n) is 3.24. The Labute approximate surface area is 121 Å². The molecule has 102 valence electrons. The number of hydrogen-bond acceptors (Lipinski definition) is 2. The summed E-state index contributed by atoms with van der Waals surface area (Å²) in [5.41, 5.74) is 0. The van der Waals surface area contributed by atoms with E-state index in [-0.39, 0.29) is 12.1 Å². The molecule has 0 saturated heterocycles. The summed E-state index contributed by atoms with van der Waals surface area (Å²) >= 11 is 0.391. The summed E-state index contributed by atoms with van der Waals surface area (Å²) in [4.78, 5) is 12.1. The summed E-state index contributed by atoms with van der Waals surface area (Å²) in [5.74, 6) is -0.191. The van der Waals surface area contributed by atoms with Crippen molar-refractivity contribution in [3.63, 3.8) is 0 Å². The fourth-order valence-corrected chi connectivity index (χ4v) is 5.04. The number of esters is 1. The molecular weight excluding hydrogens is 303 g/mol. The van der Waals surface area contributed by atoms with Gasteiger partial charge in [0.15, 0.2) is 0 Å². The Morgan fingerprint density at radius 2 is 2.00 bits per heavy atom. The Balaban J connectivity index is 1.97. The molecule has 0 heterocycles. The second-order valence-corrected chi connectivity index (χ2v) is 7.48. The molecule has 1 aromatic carbocycles. The number of benzene rings is 1. The number of ether oxygens (including phenoxy) is 1. The van der Waals surface area contributed by atoms with Crippen LogP contribution in [-0.4, -0.2) is 27.0 Å². The minimum atomic E-state index is -0.191. The van der Waals surface area contributed by atoms with E-state index in [2.05, 4.69) is 24.3 Å². The molecule has 0 N–H and O–H groups in total. The van der Waals surface area contributed by atoms with Gasteiger partial charge in [0.2, 0.25) is 0 Å². The summed E-state index contributed by atoms with van der Waals surface area (Å²) in [7, 11) is 0. The van der Waals surface area contributed by atoms with Gasteiger partial charge in [0.25, 0.3) is 0 Å². The molecule has 0 radical (unpaired) electrons. The number of rotatable bonds is 4. The second kappa shape index (κ2) is 7.52. The van der Waals surface area contributed by atoms with Crippen molar-refractivity contribution in [1.29, 1.82) is 0 Å². The maximum absolute atomic E-state index is 11.6. The first-order chi connectivity index (χ1) is 9.29. The SMILES string of the molecule is C/C=C/C(=O)O[C@H]1CCCC[C@@H]1[Se]c1ccccc1. The van der Waals surface area contributed by atoms with Crippen LogP contribution in [-0.2, 0) is 9.53 Å². The van der Waals surface area contributed by atoms with Crippen LogP contribution >= 0.6 is 0 Å². The molecule has 2 atom stereocenters. The summed E-state index contributed by atoms with van der Waals surface area (Å²) in [6, 6.07) is 10.6. The first-order valence-corrected chi connectivity index (χ1v) is 8.69. The Morgan fingerprint density at radius 1 is 1.26 bits per heavy atom. The Hall–Kier alpha value is -1.05. The van der Waals surface area contributed by atoms with E-state index in [4.69, 9.17) is 4.74 Å². The third-order valence-corrected chi connectivity index (χ3v) is 6.15. The van der Waals surface area contributed by atoms with Gasteiger partial charge in [-0.05, 0) is 0 Å². The van der Waals surface area contributed by atoms with E-state index in [1.54, 1.807) is 6.08 Å². The fraction of sp³-hybridized carbons (Fsp3) is 0.438. The minimum absolute atomic E-state index is 0.109. The van der Waals surface area contributed by atoms with E-state index in [0.717, 1.165) is 6.42 Å². The van der Waals surface area contributed by atoms with Crippen LogP contribution in [0.4, 0.5) is 0 Å². The molecule has 1 aliphatic carbocycles. The van der Waals surface area contributed by atoms with Crippen molar-refractivity contribution in [1.82, 2.24) is 0 Å². The van der Waals surface area contributed by atoms with Crippen molar-refractivity contribution in [2.75, 3.05) is 0 Å². The van der Waals surface area contributed by atoms with Crippen LogP contribution in [0.15, 0.2) is 42.5 Å². The molecule has 2 nitrogen and oxygen atoms in total. The first kappa shape index (κ1) is 14.4. The molecule has 1 aromatic rings. The van der Waals surface area contributed by atoms with Gasteiger partial charge < -0.3 is 0 Å². The predicted octanol–water partition coefficient (Wildman–Crippen LogP) is 2.87. The summed E-state index contributed by atoms with van der Waals surface area (Å²) in [5, 5.41) is 0. The van der Waals surface area contributed by atoms with E-state index < -0.39 is 0 Å². The molecule has 0 amide bonds. The Morgan fingerprint density at radius 3 is 2.74 bits per heavy atom. The maximum atomic E-state index is 11.6. The van der Waals surface area contributed by atoms with Gasteiger partial charge in [0.05, 0.1) is 0 Å². The van der Waals surface area contributed by atoms with Gasteiger partial charge in [-0.1, -0.05) is 0 Å². The third kappa shape index (κ3) is 4.52. The molecule has 19 heavy (non-hydrogen) atoms. The summed E-state index contributed by atoms with van der Waals surface area (Å²) in [6.45, 7) is 1.84. The molecule has 0 unspecified atom stereocenters. The van der Waals surface area contributed by atoms with Crippen molar-refractivity contribution in [2.24, 2.45) is 0 Å². The average molecular weight is 323 g/mol. The van der Waals surface area contributed by atoms with Gasteiger partial charge in [-0.15, -0.1) is 0 Å². The molecule has 1 aliphatic rings. The predicted molar refractivity (Wildman–Crippen MR) is 78.7 cm³/mol. The van der Waals surface area contributed by atoms with Crippen molar-refractivity contribution >= 4 is 25.4 Å². The standard InChI is InChI=1S/C16H20O2Se/c1-2-8-16(17)18-14-11-6-7-12-15(14)19-13-9-4-3-5-10-13/h2-5,8-10,14-15H,6-7,11-12H2,1H3/b8-2+/t14-,15-/m0/s1. The summed E-state index contributed by atoms with van der Waals surface area (Å²) < 4.78 is 7.00. The number of hydrogen-bond donors (Lipinski definition) is 0. The van der Waals surface area contributed by atoms with Crippen LogP contribution < -0.4 is 4.46 Å². The topological polar surface area (TPSA) is 26.3 Å². The Bertz CT molecular complexity index is 428. The molecule has 0 aromatic heterocycles. The van der Waals surface area contributed by atoms with Crippen molar-refractivity contribution in [2.45, 2.75) is 43.5 Å². The molecule has 1 saturated carbocycles. The van der Waals surface area contributed by atoms with Crippen LogP contribution in [0.1, 0.15) is 32.6 Å². The molecule has 3 heteroatoms. The molecule has 0 spiro atoms. The number of carbonyl (C=O) groups excluding carboxylic acids is 1. The fourth-order valence-electron chi connectivity index (χ4n) is 2.33. The van der Waals surface area contributed by atoms with Crippen LogP contribution in [0, 0.1) is 0 Å². The van der Waals surface area contributed by atoms with E-state index in [1.807, 2.05) is 13.0 Å². The van der Waals surface area contributed by atoms with Crippen LogP contribution in [0.5, 0.6) is 0 Å². The number of allylic oxidation sites excluding steroid dienone is 1. The zero-order valence-electron chi connectivity index (χ0n) is 11.2. The molecule has 2 rings (SSSR count). The molecule has 0 aliphatic heterocycles. The first-order valence-electron chi connectivity index (χ1n) is 6.84. The summed E-state index contributed by atoms with van der Waals surface area (Å²) in [6.07, 6.45) is 8.00. The normalized spacial score (nSPS) is 23.4. The van der Waals surface area contributed by atoms with Crippen molar-refractivity contribution in [3.05, 3.63) is 42.5 Å². The van der Waals surface area contributed by atoms with E-state index in [9.17, 15) is 4.79 Å². The van der Waals surface area contributed by atoms with Gasteiger partial charge in [0.1, 0.15) is 0 Å². The second-order valence-electron chi connectivity index (χ2n) is 4.73. The molecule has 1 fully saturated rings. The van der Waals surface area contributed by atoms with Gasteiger partial charge in [-0.25, -0.2) is 0 Å². The molecular formula is C16H20O2Se. The number of carbonyl (C=O) groups is 1. The van der Waals surface area contributed by atoms with Gasteiger partial charge in [0, 0.05) is 0 Å². The van der Waals surface area contributed by atoms with Gasteiger partial charge in [-0.3, -0.25) is 0 Å². The monoisotopic (exact) mass is 324 g/mol. The molecule has 0 bridgehead atoms. The van der Waals surface area contributed by atoms with Crippen molar-refractivity contribution < 1.29 is 9.53 Å². The van der Waals surface area contributed by atoms with Gasteiger partial charge >= 0.3 is 121 Å². The Kier molecular flexibility index (Phi) is 5.68. The van der Waals surface area contributed by atoms with Crippen molar-refractivity contribution in [3.8, 4) is 0 Å². The van der Waals surface area contributed by atoms with Gasteiger partial charge in [-0.2, -0.15) is 0 Å². The van der Waals surface area contributed by atoms with Crippen LogP contribution in [0.2, 0.25) is 4.82 Å². The van der Waals surface area contributed by atoms with E-state index >= 15 is 0 Å². The van der Waals surface area contributed by atoms with Crippen LogP contribution in [0.3, 0.4) is 0 Å². The quantitative estimate of drug-likeness (QED) is 0.484. The van der Waals surface area contributed by atoms with Crippen LogP contribution in [0.25, 0.3) is 0 Å².